The average molecular weight is 221 g/mol. The van der Waals surface area contributed by atoms with E-state index in [1.807, 2.05) is 0 Å². The van der Waals surface area contributed by atoms with Crippen LogP contribution in [-0.4, -0.2) is 4.99 Å². The first kappa shape index (κ1) is 12.2. The van der Waals surface area contributed by atoms with Crippen molar-refractivity contribution in [2.45, 2.75) is 34.1 Å². The highest BCUT2D eigenvalue weighted by Gasteiger charge is 2.22. The third-order valence-corrected chi connectivity index (χ3v) is 3.36. The fourth-order valence-electron chi connectivity index (χ4n) is 1.55. The van der Waals surface area contributed by atoms with Crippen LogP contribution in [-0.2, 0) is 6.42 Å². The molecule has 0 aromatic heterocycles. The minimum Gasteiger partial charge on any atom is -0.393 e. The van der Waals surface area contributed by atoms with Gasteiger partial charge in [0.1, 0.15) is 0 Å². The molecule has 0 aliphatic heterocycles. The maximum atomic E-state index is 5.74. The summed E-state index contributed by atoms with van der Waals surface area (Å²) in [6, 6.07) is 6.50. The number of benzene rings is 1. The van der Waals surface area contributed by atoms with Crippen LogP contribution in [0.5, 0.6) is 0 Å². The van der Waals surface area contributed by atoms with Gasteiger partial charge >= 0.3 is 0 Å². The Kier molecular flexibility index (Phi) is 3.50. The van der Waals surface area contributed by atoms with E-state index < -0.39 is 0 Å². The molecule has 0 aliphatic carbocycles. The van der Waals surface area contributed by atoms with Gasteiger partial charge in [0, 0.05) is 5.41 Å². The molecule has 0 bridgehead atoms. The van der Waals surface area contributed by atoms with Crippen molar-refractivity contribution in [2.75, 3.05) is 0 Å². The highest BCUT2D eigenvalue weighted by atomic mass is 32.1. The van der Waals surface area contributed by atoms with E-state index in [2.05, 4.69) is 45.9 Å². The molecule has 0 amide bonds. The van der Waals surface area contributed by atoms with Crippen molar-refractivity contribution < 1.29 is 0 Å². The summed E-state index contributed by atoms with van der Waals surface area (Å²) in [5, 5.41) is 0. The predicted molar refractivity (Wildman–Crippen MR) is 70.2 cm³/mol. The van der Waals surface area contributed by atoms with Crippen LogP contribution in [0, 0.1) is 19.3 Å². The molecule has 0 fully saturated rings. The first-order valence-corrected chi connectivity index (χ1v) is 5.60. The van der Waals surface area contributed by atoms with Crippen LogP contribution >= 0.6 is 12.2 Å². The molecule has 2 N–H and O–H groups in total. The highest BCUT2D eigenvalue weighted by molar-refractivity contribution is 7.80. The van der Waals surface area contributed by atoms with Gasteiger partial charge in [-0.05, 0) is 31.4 Å². The minimum absolute atomic E-state index is 0.103. The van der Waals surface area contributed by atoms with Gasteiger partial charge in [-0.15, -0.1) is 0 Å². The van der Waals surface area contributed by atoms with Crippen molar-refractivity contribution in [3.8, 4) is 0 Å². The number of aryl methyl sites for hydroxylation is 2. The summed E-state index contributed by atoms with van der Waals surface area (Å²) in [6.07, 6.45) is 0.913. The monoisotopic (exact) mass is 221 g/mol. The lowest BCUT2D eigenvalue weighted by Gasteiger charge is -2.24. The lowest BCUT2D eigenvalue weighted by molar-refractivity contribution is 0.522. The van der Waals surface area contributed by atoms with Crippen molar-refractivity contribution in [1.82, 2.24) is 0 Å². The summed E-state index contributed by atoms with van der Waals surface area (Å²) in [5.41, 5.74) is 9.57. The second kappa shape index (κ2) is 4.31. The molecule has 1 nitrogen and oxygen atoms in total. The van der Waals surface area contributed by atoms with Gasteiger partial charge in [0.2, 0.25) is 0 Å². The van der Waals surface area contributed by atoms with Crippen molar-refractivity contribution in [3.05, 3.63) is 34.9 Å². The van der Waals surface area contributed by atoms with E-state index in [1.54, 1.807) is 0 Å². The zero-order valence-electron chi connectivity index (χ0n) is 9.92. The largest absolute Gasteiger partial charge is 0.393 e. The molecule has 0 radical (unpaired) electrons. The molecule has 1 aromatic carbocycles. The molecule has 15 heavy (non-hydrogen) atoms. The molecule has 0 aliphatic rings. The van der Waals surface area contributed by atoms with Crippen molar-refractivity contribution in [3.63, 3.8) is 0 Å². The van der Waals surface area contributed by atoms with E-state index in [4.69, 9.17) is 18.0 Å². The Morgan fingerprint density at radius 1 is 1.33 bits per heavy atom. The number of nitrogens with two attached hydrogens (primary N) is 1. The lowest BCUT2D eigenvalue weighted by atomic mass is 9.84. The molecule has 0 saturated heterocycles. The Morgan fingerprint density at radius 3 is 2.47 bits per heavy atom. The number of hydrogen-bond acceptors (Lipinski definition) is 1. The molecule has 0 atom stereocenters. The maximum absolute atomic E-state index is 5.74. The maximum Gasteiger partial charge on any atom is 0.0787 e. The Bertz CT molecular complexity index is 380. The fourth-order valence-corrected chi connectivity index (χ4v) is 1.63. The van der Waals surface area contributed by atoms with Gasteiger partial charge in [-0.25, -0.2) is 0 Å². The van der Waals surface area contributed by atoms with Crippen LogP contribution in [0.4, 0.5) is 0 Å². The number of thiocarbonyl (C=S) groups is 1. The van der Waals surface area contributed by atoms with Crippen molar-refractivity contribution in [2.24, 2.45) is 11.1 Å². The Labute approximate surface area is 97.7 Å². The zero-order valence-corrected chi connectivity index (χ0v) is 10.7. The van der Waals surface area contributed by atoms with Crippen LogP contribution in [0.2, 0.25) is 0 Å². The second-order valence-corrected chi connectivity index (χ2v) is 5.29. The molecule has 82 valence electrons. The number of hydrogen-bond donors (Lipinski definition) is 1. The summed E-state index contributed by atoms with van der Waals surface area (Å²) < 4.78 is 0. The van der Waals surface area contributed by atoms with Gasteiger partial charge in [0.25, 0.3) is 0 Å². The minimum atomic E-state index is -0.103. The van der Waals surface area contributed by atoms with Crippen LogP contribution in [0.3, 0.4) is 0 Å². The van der Waals surface area contributed by atoms with Crippen molar-refractivity contribution >= 4 is 17.2 Å². The SMILES string of the molecule is Cc1ccc(C)c(CC(C)(C)C(N)=S)c1. The first-order chi connectivity index (χ1) is 6.83. The molecule has 1 aromatic rings. The molecule has 0 spiro atoms. The predicted octanol–water partition coefficient (Wildman–Crippen LogP) is 3.16. The van der Waals surface area contributed by atoms with Gasteiger partial charge in [-0.2, -0.15) is 0 Å². The standard InChI is InChI=1S/C13H19NS/c1-9-5-6-10(2)11(7-9)8-13(3,4)12(14)15/h5-7H,8H2,1-4H3,(H2,14,15). The third-order valence-electron chi connectivity index (χ3n) is 2.80. The quantitative estimate of drug-likeness (QED) is 0.793. The molecular formula is C13H19NS. The third kappa shape index (κ3) is 3.03. The lowest BCUT2D eigenvalue weighted by Crippen LogP contribution is -2.32. The first-order valence-electron chi connectivity index (χ1n) is 5.19. The van der Waals surface area contributed by atoms with E-state index in [1.165, 1.54) is 16.7 Å². The van der Waals surface area contributed by atoms with Gasteiger partial charge in [-0.1, -0.05) is 49.8 Å². The van der Waals surface area contributed by atoms with Crippen LogP contribution in [0.25, 0.3) is 0 Å². The Hall–Kier alpha value is -0.890. The van der Waals surface area contributed by atoms with E-state index in [-0.39, 0.29) is 5.41 Å². The summed E-state index contributed by atoms with van der Waals surface area (Å²) in [6.45, 7) is 8.43. The van der Waals surface area contributed by atoms with Gasteiger partial charge in [0.05, 0.1) is 4.99 Å². The van der Waals surface area contributed by atoms with Gasteiger partial charge in [-0.3, -0.25) is 0 Å². The summed E-state index contributed by atoms with van der Waals surface area (Å²) in [4.78, 5) is 0.586. The molecule has 0 heterocycles. The Balaban J connectivity index is 2.99. The fraction of sp³-hybridized carbons (Fsp3) is 0.462. The zero-order chi connectivity index (χ0) is 11.6. The van der Waals surface area contributed by atoms with E-state index in [0.29, 0.717) is 4.99 Å². The normalized spacial score (nSPS) is 11.5. The van der Waals surface area contributed by atoms with Gasteiger partial charge < -0.3 is 5.73 Å². The van der Waals surface area contributed by atoms with E-state index in [0.717, 1.165) is 6.42 Å². The van der Waals surface area contributed by atoms with Crippen LogP contribution in [0.15, 0.2) is 18.2 Å². The average Bonchev–Trinajstić information content (AvgIpc) is 2.10. The second-order valence-electron chi connectivity index (χ2n) is 4.85. The van der Waals surface area contributed by atoms with E-state index >= 15 is 0 Å². The van der Waals surface area contributed by atoms with Crippen LogP contribution < -0.4 is 5.73 Å². The highest BCUT2D eigenvalue weighted by Crippen LogP contribution is 2.24. The number of rotatable bonds is 3. The molecule has 0 unspecified atom stereocenters. The Morgan fingerprint density at radius 2 is 1.93 bits per heavy atom. The molecule has 2 heteroatoms. The molecule has 1 rings (SSSR count). The summed E-state index contributed by atoms with van der Waals surface area (Å²) in [5.74, 6) is 0. The van der Waals surface area contributed by atoms with E-state index in [9.17, 15) is 0 Å². The summed E-state index contributed by atoms with van der Waals surface area (Å²) >= 11 is 5.08. The molecule has 0 saturated carbocycles. The molecular weight excluding hydrogens is 202 g/mol. The topological polar surface area (TPSA) is 26.0 Å². The smallest absolute Gasteiger partial charge is 0.0787 e. The van der Waals surface area contributed by atoms with Gasteiger partial charge in [0.15, 0.2) is 0 Å². The van der Waals surface area contributed by atoms with Crippen LogP contribution in [0.1, 0.15) is 30.5 Å². The summed E-state index contributed by atoms with van der Waals surface area (Å²) in [7, 11) is 0. The van der Waals surface area contributed by atoms with Crippen molar-refractivity contribution in [1.29, 1.82) is 0 Å².